The Bertz CT molecular complexity index is 1140. The summed E-state index contributed by atoms with van der Waals surface area (Å²) in [6.07, 6.45) is 0.283. The van der Waals surface area contributed by atoms with Gasteiger partial charge in [0.15, 0.2) is 11.5 Å². The molecule has 1 heterocycles. The molecule has 4 rings (SSSR count). The lowest BCUT2D eigenvalue weighted by atomic mass is 9.69. The molecule has 0 bridgehead atoms. The third-order valence-electron chi connectivity index (χ3n) is 6.83. The first-order valence-corrected chi connectivity index (χ1v) is 11.3. The smallest absolute Gasteiger partial charge is 0.319 e. The van der Waals surface area contributed by atoms with Crippen LogP contribution in [0.1, 0.15) is 53.9 Å². The van der Waals surface area contributed by atoms with E-state index in [1.807, 2.05) is 19.9 Å². The molecule has 0 fully saturated rings. The van der Waals surface area contributed by atoms with Gasteiger partial charge in [-0.25, -0.2) is 0 Å². The summed E-state index contributed by atoms with van der Waals surface area (Å²) < 4.78 is 28.1. The molecule has 34 heavy (non-hydrogen) atoms. The number of esters is 1. The van der Waals surface area contributed by atoms with Crippen molar-refractivity contribution in [2.24, 2.45) is 0 Å². The van der Waals surface area contributed by atoms with Crippen LogP contribution in [0.15, 0.2) is 24.3 Å². The lowest BCUT2D eigenvalue weighted by Gasteiger charge is -2.47. The van der Waals surface area contributed by atoms with Crippen molar-refractivity contribution < 1.29 is 33.3 Å². The highest BCUT2D eigenvalue weighted by atomic mass is 16.5. The molecule has 1 aliphatic carbocycles. The summed E-state index contributed by atoms with van der Waals surface area (Å²) in [6, 6.07) is 6.32. The second kappa shape index (κ2) is 8.74. The molecule has 0 radical (unpaired) electrons. The van der Waals surface area contributed by atoms with Gasteiger partial charge in [0.2, 0.25) is 5.75 Å². The van der Waals surface area contributed by atoms with Gasteiger partial charge in [0.05, 0.1) is 41.1 Å². The Morgan fingerprint density at radius 1 is 1.06 bits per heavy atom. The van der Waals surface area contributed by atoms with Crippen LogP contribution in [0, 0.1) is 0 Å². The zero-order chi connectivity index (χ0) is 24.8. The van der Waals surface area contributed by atoms with E-state index < -0.39 is 11.5 Å². The van der Waals surface area contributed by atoms with Gasteiger partial charge in [0.1, 0.15) is 11.2 Å². The maximum absolute atomic E-state index is 13.9. The van der Waals surface area contributed by atoms with Crippen LogP contribution in [0.4, 0.5) is 0 Å². The van der Waals surface area contributed by atoms with E-state index in [2.05, 4.69) is 0 Å². The normalized spacial score (nSPS) is 20.4. The zero-order valence-electron chi connectivity index (χ0n) is 20.7. The molecule has 1 amide bonds. The van der Waals surface area contributed by atoms with Crippen LogP contribution in [0.2, 0.25) is 0 Å². The molecule has 0 saturated carbocycles. The van der Waals surface area contributed by atoms with Gasteiger partial charge in [0, 0.05) is 17.2 Å². The Labute approximate surface area is 199 Å². The predicted octanol–water partition coefficient (Wildman–Crippen LogP) is 3.68. The molecular weight excluding hydrogens is 438 g/mol. The first kappa shape index (κ1) is 23.7. The first-order chi connectivity index (χ1) is 16.3. The number of amides is 1. The van der Waals surface area contributed by atoms with Crippen molar-refractivity contribution in [1.82, 2.24) is 4.90 Å². The van der Waals surface area contributed by atoms with Gasteiger partial charge in [-0.3, -0.25) is 9.59 Å². The number of carbonyl (C=O) groups is 2. The molecule has 2 aromatic carbocycles. The van der Waals surface area contributed by atoms with Crippen molar-refractivity contribution in [3.63, 3.8) is 0 Å². The van der Waals surface area contributed by atoms with Crippen molar-refractivity contribution in [2.75, 3.05) is 35.0 Å². The van der Waals surface area contributed by atoms with Crippen molar-refractivity contribution >= 4 is 11.9 Å². The highest BCUT2D eigenvalue weighted by molar-refractivity contribution is 6.03. The molecule has 0 aromatic heterocycles. The average Bonchev–Trinajstić information content (AvgIpc) is 3.18. The predicted molar refractivity (Wildman–Crippen MR) is 125 cm³/mol. The van der Waals surface area contributed by atoms with Crippen LogP contribution in [-0.2, 0) is 21.4 Å². The second-order valence-corrected chi connectivity index (χ2v) is 8.70. The maximum Gasteiger partial charge on any atom is 0.319 e. The largest absolute Gasteiger partial charge is 0.497 e. The van der Waals surface area contributed by atoms with Crippen molar-refractivity contribution in [3.05, 3.63) is 46.5 Å². The molecule has 0 unspecified atom stereocenters. The van der Waals surface area contributed by atoms with Gasteiger partial charge in [-0.1, -0.05) is 6.07 Å². The van der Waals surface area contributed by atoms with Crippen LogP contribution in [0.25, 0.3) is 0 Å². The molecule has 2 atom stereocenters. The summed E-state index contributed by atoms with van der Waals surface area (Å²) in [5.74, 6) is 1.38. The molecule has 0 saturated heterocycles. The summed E-state index contributed by atoms with van der Waals surface area (Å²) in [5, 5.41) is 0. The molecule has 182 valence electrons. The quantitative estimate of drug-likeness (QED) is 0.572. The highest BCUT2D eigenvalue weighted by Gasteiger charge is 2.62. The topological polar surface area (TPSA) is 83.5 Å². The average molecular weight is 470 g/mol. The van der Waals surface area contributed by atoms with Gasteiger partial charge < -0.3 is 28.6 Å². The van der Waals surface area contributed by atoms with E-state index in [-0.39, 0.29) is 30.9 Å². The number of methoxy groups -OCH3 is 4. The Morgan fingerprint density at radius 3 is 2.32 bits per heavy atom. The van der Waals surface area contributed by atoms with Crippen LogP contribution < -0.4 is 18.9 Å². The number of ether oxygens (including phenoxy) is 5. The molecule has 0 spiro atoms. The molecule has 8 heteroatoms. The van der Waals surface area contributed by atoms with E-state index in [0.717, 1.165) is 11.1 Å². The molecule has 2 aliphatic rings. The third kappa shape index (κ3) is 3.11. The highest BCUT2D eigenvalue weighted by Crippen LogP contribution is 2.60. The van der Waals surface area contributed by atoms with Crippen molar-refractivity contribution in [3.8, 4) is 23.0 Å². The Balaban J connectivity index is 2.12. The molecular formula is C26H31NO7. The molecule has 0 N–H and O–H groups in total. The number of fused-ring (bicyclic) bond motifs is 5. The van der Waals surface area contributed by atoms with Gasteiger partial charge in [-0.15, -0.1) is 0 Å². The van der Waals surface area contributed by atoms with Gasteiger partial charge in [0.25, 0.3) is 5.91 Å². The van der Waals surface area contributed by atoms with Crippen LogP contribution >= 0.6 is 0 Å². The monoisotopic (exact) mass is 469 g/mol. The second-order valence-electron chi connectivity index (χ2n) is 8.70. The zero-order valence-corrected chi connectivity index (χ0v) is 20.7. The lowest BCUT2D eigenvalue weighted by molar-refractivity contribution is -0.153. The summed E-state index contributed by atoms with van der Waals surface area (Å²) in [5.41, 5.74) is 1.47. The van der Waals surface area contributed by atoms with Crippen molar-refractivity contribution in [2.45, 2.75) is 44.7 Å². The Morgan fingerprint density at radius 2 is 1.76 bits per heavy atom. The molecule has 2 aromatic rings. The number of carbonyl (C=O) groups excluding carboxylic acids is 2. The summed E-state index contributed by atoms with van der Waals surface area (Å²) in [4.78, 5) is 29.5. The Hall–Kier alpha value is -3.42. The van der Waals surface area contributed by atoms with Crippen LogP contribution in [0.5, 0.6) is 23.0 Å². The van der Waals surface area contributed by atoms with Gasteiger partial charge in [-0.05, 0) is 56.5 Å². The number of nitrogens with zero attached hydrogens (tertiary/aromatic N) is 1. The minimum absolute atomic E-state index is 0.171. The third-order valence-corrected chi connectivity index (χ3v) is 6.83. The summed E-state index contributed by atoms with van der Waals surface area (Å²) in [6.45, 7) is 5.87. The van der Waals surface area contributed by atoms with E-state index in [9.17, 15) is 9.59 Å². The van der Waals surface area contributed by atoms with E-state index >= 15 is 0 Å². The van der Waals surface area contributed by atoms with E-state index in [4.69, 9.17) is 23.7 Å². The molecule has 1 aliphatic heterocycles. The maximum atomic E-state index is 13.9. The lowest BCUT2D eigenvalue weighted by Crippen LogP contribution is -2.56. The SMILES string of the molecule is CCOC(=O)[C@]12Cc3c(cc(OC)c(OC)c3OC)[C@H]1N(C(C)C)C(=O)c1cc(OC)ccc12. The van der Waals surface area contributed by atoms with Crippen LogP contribution in [-0.4, -0.2) is 57.9 Å². The fraction of sp³-hybridized carbons (Fsp3) is 0.462. The van der Waals surface area contributed by atoms with Gasteiger partial charge >= 0.3 is 5.97 Å². The van der Waals surface area contributed by atoms with Crippen molar-refractivity contribution in [1.29, 1.82) is 0 Å². The standard InChI is InChI=1S/C26H31NO7/c1-8-34-25(29)26-13-18-16(12-20(31-5)22(33-7)21(18)32-6)23(26)27(14(2)3)24(28)17-11-15(30-4)9-10-19(17)26/h9-12,14,23H,8,13H2,1-7H3/t23-,26+/m1/s1. The van der Waals surface area contributed by atoms with E-state index in [1.165, 1.54) is 0 Å². The minimum Gasteiger partial charge on any atom is -0.497 e. The van der Waals surface area contributed by atoms with Crippen LogP contribution in [0.3, 0.4) is 0 Å². The minimum atomic E-state index is -1.16. The Kier molecular flexibility index (Phi) is 6.10. The number of rotatable bonds is 7. The van der Waals surface area contributed by atoms with E-state index in [1.54, 1.807) is 58.5 Å². The summed E-state index contributed by atoms with van der Waals surface area (Å²) in [7, 11) is 6.20. The fourth-order valence-corrected chi connectivity index (χ4v) is 5.49. The fourth-order valence-electron chi connectivity index (χ4n) is 5.49. The number of hydrogen-bond donors (Lipinski definition) is 0. The van der Waals surface area contributed by atoms with E-state index in [0.29, 0.717) is 34.1 Å². The van der Waals surface area contributed by atoms with Gasteiger partial charge in [-0.2, -0.15) is 0 Å². The first-order valence-electron chi connectivity index (χ1n) is 11.3. The summed E-state index contributed by atoms with van der Waals surface area (Å²) >= 11 is 0. The number of benzene rings is 2. The molecule has 8 nitrogen and oxygen atoms in total. The number of hydrogen-bond acceptors (Lipinski definition) is 7.